The zero-order chi connectivity index (χ0) is 14.8. The number of rotatable bonds is 5. The first-order valence-electron chi connectivity index (χ1n) is 5.56. The van der Waals surface area contributed by atoms with E-state index in [4.69, 9.17) is 16.1 Å². The number of aryl methyl sites for hydroxylation is 1. The number of halogens is 2. The zero-order valence-corrected chi connectivity index (χ0v) is 12.0. The third-order valence-corrected chi connectivity index (χ3v) is 3.88. The normalized spacial score (nSPS) is 11.8. The largest absolute Gasteiger partial charge is 0.340 e. The standard InChI is InChI=1S/C11H11ClFN3O3S/c1-7-15-11(16-19-7)5-14-20(17,18)6-8-4-9(12)2-3-10(8)13/h2-4,14H,5-6H2,1H3. The van der Waals surface area contributed by atoms with Crippen molar-refractivity contribution in [3.05, 3.63) is 46.3 Å². The lowest BCUT2D eigenvalue weighted by atomic mass is 10.2. The van der Waals surface area contributed by atoms with Gasteiger partial charge in [-0.3, -0.25) is 0 Å². The van der Waals surface area contributed by atoms with Crippen LogP contribution in [0.25, 0.3) is 0 Å². The Bertz CT molecular complexity index is 717. The Morgan fingerprint density at radius 3 is 2.85 bits per heavy atom. The summed E-state index contributed by atoms with van der Waals surface area (Å²) in [5.41, 5.74) is -0.00528. The van der Waals surface area contributed by atoms with Gasteiger partial charge in [0.1, 0.15) is 5.82 Å². The highest BCUT2D eigenvalue weighted by Gasteiger charge is 2.16. The Morgan fingerprint density at radius 2 is 2.20 bits per heavy atom. The van der Waals surface area contributed by atoms with Crippen LogP contribution in [0.2, 0.25) is 5.02 Å². The molecule has 2 rings (SSSR count). The fraction of sp³-hybridized carbons (Fsp3) is 0.273. The first kappa shape index (κ1) is 14.9. The SMILES string of the molecule is Cc1nc(CNS(=O)(=O)Cc2cc(Cl)ccc2F)no1. The second-order valence-electron chi connectivity index (χ2n) is 4.05. The van der Waals surface area contributed by atoms with Crippen LogP contribution in [0.1, 0.15) is 17.3 Å². The van der Waals surface area contributed by atoms with Crippen molar-refractivity contribution in [2.45, 2.75) is 19.2 Å². The minimum absolute atomic E-state index is 0.00528. The average molecular weight is 320 g/mol. The van der Waals surface area contributed by atoms with E-state index >= 15 is 0 Å². The van der Waals surface area contributed by atoms with Crippen molar-refractivity contribution in [2.75, 3.05) is 0 Å². The molecule has 0 bridgehead atoms. The first-order chi connectivity index (χ1) is 9.35. The maximum Gasteiger partial charge on any atom is 0.223 e. The molecular formula is C11H11ClFN3O3S. The molecule has 0 saturated carbocycles. The van der Waals surface area contributed by atoms with Gasteiger partial charge in [0.25, 0.3) is 0 Å². The van der Waals surface area contributed by atoms with E-state index in [0.717, 1.165) is 6.07 Å². The topological polar surface area (TPSA) is 85.1 Å². The Hall–Kier alpha value is -1.51. The summed E-state index contributed by atoms with van der Waals surface area (Å²) in [7, 11) is -3.73. The fourth-order valence-corrected chi connectivity index (χ4v) is 2.77. The summed E-state index contributed by atoms with van der Waals surface area (Å²) in [6.07, 6.45) is 0. The number of hydrogen-bond acceptors (Lipinski definition) is 5. The Balaban J connectivity index is 2.05. The molecule has 1 aromatic heterocycles. The van der Waals surface area contributed by atoms with Gasteiger partial charge in [0.2, 0.25) is 15.9 Å². The Morgan fingerprint density at radius 1 is 1.45 bits per heavy atom. The Labute approximate surface area is 120 Å². The van der Waals surface area contributed by atoms with Crippen molar-refractivity contribution in [3.8, 4) is 0 Å². The third-order valence-electron chi connectivity index (χ3n) is 2.37. The molecule has 0 unspecified atom stereocenters. The third kappa shape index (κ3) is 3.99. The molecule has 2 aromatic rings. The van der Waals surface area contributed by atoms with Gasteiger partial charge in [-0.2, -0.15) is 4.98 Å². The van der Waals surface area contributed by atoms with E-state index in [-0.39, 0.29) is 23.0 Å². The number of sulfonamides is 1. The molecule has 1 N–H and O–H groups in total. The van der Waals surface area contributed by atoms with Gasteiger partial charge in [-0.05, 0) is 18.2 Å². The number of nitrogens with one attached hydrogen (secondary N) is 1. The smallest absolute Gasteiger partial charge is 0.223 e. The van der Waals surface area contributed by atoms with Crippen molar-refractivity contribution in [2.24, 2.45) is 0 Å². The lowest BCUT2D eigenvalue weighted by Gasteiger charge is -2.06. The molecule has 0 atom stereocenters. The molecule has 1 aromatic carbocycles. The van der Waals surface area contributed by atoms with Crippen LogP contribution < -0.4 is 4.72 Å². The number of hydrogen-bond donors (Lipinski definition) is 1. The molecule has 1 heterocycles. The zero-order valence-electron chi connectivity index (χ0n) is 10.4. The molecular weight excluding hydrogens is 309 g/mol. The highest BCUT2D eigenvalue weighted by molar-refractivity contribution is 7.88. The maximum absolute atomic E-state index is 13.5. The molecule has 0 fully saturated rings. The van der Waals surface area contributed by atoms with Crippen LogP contribution in [0, 0.1) is 12.7 Å². The van der Waals surface area contributed by atoms with Crippen LogP contribution in [-0.4, -0.2) is 18.6 Å². The van der Waals surface area contributed by atoms with Gasteiger partial charge in [0, 0.05) is 17.5 Å². The van der Waals surface area contributed by atoms with Gasteiger partial charge in [0.05, 0.1) is 12.3 Å². The highest BCUT2D eigenvalue weighted by Crippen LogP contribution is 2.17. The summed E-state index contributed by atoms with van der Waals surface area (Å²) in [5.74, 6) is -0.608. The molecule has 0 aliphatic heterocycles. The summed E-state index contributed by atoms with van der Waals surface area (Å²) in [6, 6.07) is 3.74. The van der Waals surface area contributed by atoms with Crippen LogP contribution in [0.5, 0.6) is 0 Å². The molecule has 0 spiro atoms. The van der Waals surface area contributed by atoms with Crippen LogP contribution in [0.15, 0.2) is 22.7 Å². The minimum atomic E-state index is -3.73. The van der Waals surface area contributed by atoms with Crippen molar-refractivity contribution >= 4 is 21.6 Å². The van der Waals surface area contributed by atoms with Crippen LogP contribution in [0.3, 0.4) is 0 Å². The number of benzene rings is 1. The predicted molar refractivity (Wildman–Crippen MR) is 69.9 cm³/mol. The molecule has 0 saturated heterocycles. The van der Waals surface area contributed by atoms with Crippen LogP contribution >= 0.6 is 11.6 Å². The van der Waals surface area contributed by atoms with Gasteiger partial charge in [-0.15, -0.1) is 0 Å². The molecule has 0 aliphatic rings. The van der Waals surface area contributed by atoms with E-state index in [2.05, 4.69) is 14.9 Å². The second-order valence-corrected chi connectivity index (χ2v) is 6.29. The summed E-state index contributed by atoms with van der Waals surface area (Å²) >= 11 is 5.71. The summed E-state index contributed by atoms with van der Waals surface area (Å²) in [4.78, 5) is 3.85. The molecule has 0 amide bonds. The van der Waals surface area contributed by atoms with Crippen molar-refractivity contribution < 1.29 is 17.3 Å². The molecule has 20 heavy (non-hydrogen) atoms. The fourth-order valence-electron chi connectivity index (χ4n) is 1.50. The summed E-state index contributed by atoms with van der Waals surface area (Å²) in [6.45, 7) is 1.47. The summed E-state index contributed by atoms with van der Waals surface area (Å²) < 4.78 is 44.1. The van der Waals surface area contributed by atoms with Gasteiger partial charge in [-0.25, -0.2) is 17.5 Å². The highest BCUT2D eigenvalue weighted by atomic mass is 35.5. The quantitative estimate of drug-likeness (QED) is 0.908. The van der Waals surface area contributed by atoms with E-state index in [1.807, 2.05) is 0 Å². The van der Waals surface area contributed by atoms with Crippen LogP contribution in [0.4, 0.5) is 4.39 Å². The van der Waals surface area contributed by atoms with E-state index in [9.17, 15) is 12.8 Å². The lowest BCUT2D eigenvalue weighted by Crippen LogP contribution is -2.25. The lowest BCUT2D eigenvalue weighted by molar-refractivity contribution is 0.387. The molecule has 0 radical (unpaired) electrons. The van der Waals surface area contributed by atoms with Gasteiger partial charge < -0.3 is 4.52 Å². The first-order valence-corrected chi connectivity index (χ1v) is 7.59. The Kier molecular flexibility index (Phi) is 4.36. The average Bonchev–Trinajstić information content (AvgIpc) is 2.77. The van der Waals surface area contributed by atoms with Crippen molar-refractivity contribution in [1.29, 1.82) is 0 Å². The molecule has 6 nitrogen and oxygen atoms in total. The van der Waals surface area contributed by atoms with Gasteiger partial charge >= 0.3 is 0 Å². The van der Waals surface area contributed by atoms with Crippen LogP contribution in [-0.2, 0) is 22.3 Å². The second kappa shape index (κ2) is 5.86. The maximum atomic E-state index is 13.5. The van der Waals surface area contributed by atoms with E-state index in [0.29, 0.717) is 5.89 Å². The summed E-state index contributed by atoms with van der Waals surface area (Å²) in [5, 5.41) is 3.82. The van der Waals surface area contributed by atoms with Gasteiger partial charge in [0.15, 0.2) is 5.82 Å². The number of aromatic nitrogens is 2. The van der Waals surface area contributed by atoms with Crippen molar-refractivity contribution in [1.82, 2.24) is 14.9 Å². The molecule has 9 heteroatoms. The van der Waals surface area contributed by atoms with Gasteiger partial charge in [-0.1, -0.05) is 16.8 Å². The van der Waals surface area contributed by atoms with E-state index in [1.54, 1.807) is 6.92 Å². The van der Waals surface area contributed by atoms with E-state index in [1.165, 1.54) is 12.1 Å². The predicted octanol–water partition coefficient (Wildman–Crippen LogP) is 1.79. The van der Waals surface area contributed by atoms with E-state index < -0.39 is 21.6 Å². The monoisotopic (exact) mass is 319 g/mol. The minimum Gasteiger partial charge on any atom is -0.340 e. The molecule has 108 valence electrons. The van der Waals surface area contributed by atoms with Crippen molar-refractivity contribution in [3.63, 3.8) is 0 Å². The number of nitrogens with zero attached hydrogens (tertiary/aromatic N) is 2. The molecule has 0 aliphatic carbocycles.